The molecule has 0 aliphatic rings. The summed E-state index contributed by atoms with van der Waals surface area (Å²) in [5.74, 6) is 0.857. The Kier molecular flexibility index (Phi) is 3.66. The fourth-order valence-electron chi connectivity index (χ4n) is 1.56. The van der Waals surface area contributed by atoms with Gasteiger partial charge in [0, 0.05) is 0 Å². The molecule has 2 rings (SSSR count). The average Bonchev–Trinajstić information content (AvgIpc) is 2.40. The van der Waals surface area contributed by atoms with Crippen molar-refractivity contribution in [3.63, 3.8) is 0 Å². The summed E-state index contributed by atoms with van der Waals surface area (Å²) >= 11 is 4.56. The summed E-state index contributed by atoms with van der Waals surface area (Å²) in [6, 6.07) is 15.8. The van der Waals surface area contributed by atoms with Crippen LogP contribution in [0.2, 0.25) is 0 Å². The minimum Gasteiger partial charge on any atom is -0.497 e. The van der Waals surface area contributed by atoms with Gasteiger partial charge in [-0.1, -0.05) is 24.3 Å². The largest absolute Gasteiger partial charge is 0.497 e. The highest BCUT2D eigenvalue weighted by atomic mass is 32.1. The van der Waals surface area contributed by atoms with Gasteiger partial charge in [-0.3, -0.25) is 0 Å². The zero-order valence-electron chi connectivity index (χ0n) is 9.38. The highest BCUT2D eigenvalue weighted by Crippen LogP contribution is 2.24. The standard InChI is InChI=1S/C14H11NOS/c1-16-14-8-4-12(5-9-14)11-2-6-13(7-3-11)15-10-17/h2-9H,1H3. The van der Waals surface area contributed by atoms with Crippen LogP contribution in [0.4, 0.5) is 5.69 Å². The molecule has 0 aliphatic carbocycles. The Labute approximate surface area is 106 Å². The Morgan fingerprint density at radius 1 is 0.941 bits per heavy atom. The van der Waals surface area contributed by atoms with Crippen LogP contribution in [0.15, 0.2) is 53.5 Å². The Bertz CT molecular complexity index is 539. The molecule has 0 N–H and O–H groups in total. The third kappa shape index (κ3) is 2.78. The van der Waals surface area contributed by atoms with Gasteiger partial charge < -0.3 is 4.74 Å². The van der Waals surface area contributed by atoms with Crippen LogP contribution in [0.5, 0.6) is 5.75 Å². The number of hydrogen-bond donors (Lipinski definition) is 0. The molecule has 0 aromatic heterocycles. The van der Waals surface area contributed by atoms with Crippen LogP contribution in [-0.4, -0.2) is 12.3 Å². The van der Waals surface area contributed by atoms with Crippen molar-refractivity contribution in [2.75, 3.05) is 7.11 Å². The molecule has 0 saturated carbocycles. The summed E-state index contributed by atoms with van der Waals surface area (Å²) in [4.78, 5) is 3.91. The zero-order valence-corrected chi connectivity index (χ0v) is 10.2. The molecule has 3 heteroatoms. The maximum atomic E-state index is 5.12. The van der Waals surface area contributed by atoms with Crippen LogP contribution in [0.3, 0.4) is 0 Å². The number of hydrogen-bond acceptors (Lipinski definition) is 3. The number of thiocarbonyl (C=S) groups is 1. The minimum absolute atomic E-state index is 0.817. The average molecular weight is 241 g/mol. The normalized spacial score (nSPS) is 9.47. The van der Waals surface area contributed by atoms with Gasteiger partial charge in [0.05, 0.1) is 18.0 Å². The first-order valence-corrected chi connectivity index (χ1v) is 5.56. The van der Waals surface area contributed by atoms with Crippen molar-refractivity contribution in [2.45, 2.75) is 0 Å². The lowest BCUT2D eigenvalue weighted by molar-refractivity contribution is 0.415. The molecule has 0 radical (unpaired) electrons. The molecule has 0 spiro atoms. The third-order valence-electron chi connectivity index (χ3n) is 2.47. The van der Waals surface area contributed by atoms with Crippen molar-refractivity contribution in [1.82, 2.24) is 0 Å². The van der Waals surface area contributed by atoms with E-state index in [1.165, 1.54) is 0 Å². The van der Waals surface area contributed by atoms with Crippen molar-refractivity contribution >= 4 is 23.1 Å². The van der Waals surface area contributed by atoms with E-state index >= 15 is 0 Å². The van der Waals surface area contributed by atoms with Gasteiger partial charge >= 0.3 is 0 Å². The van der Waals surface area contributed by atoms with Crippen molar-refractivity contribution < 1.29 is 4.74 Å². The fraction of sp³-hybridized carbons (Fsp3) is 0.0714. The smallest absolute Gasteiger partial charge is 0.118 e. The monoisotopic (exact) mass is 241 g/mol. The number of nitrogens with zero attached hydrogens (tertiary/aromatic N) is 1. The van der Waals surface area contributed by atoms with E-state index in [4.69, 9.17) is 4.74 Å². The first-order chi connectivity index (χ1) is 8.33. The second kappa shape index (κ2) is 5.39. The Balaban J connectivity index is 2.29. The van der Waals surface area contributed by atoms with Crippen molar-refractivity contribution in [3.8, 4) is 16.9 Å². The van der Waals surface area contributed by atoms with Crippen LogP contribution in [0.25, 0.3) is 11.1 Å². The SMILES string of the molecule is COc1ccc(-c2ccc(N=C=S)cc2)cc1. The van der Waals surface area contributed by atoms with Crippen molar-refractivity contribution in [2.24, 2.45) is 4.99 Å². The summed E-state index contributed by atoms with van der Waals surface area (Å²) in [6.45, 7) is 0. The van der Waals surface area contributed by atoms with Crippen molar-refractivity contribution in [3.05, 3.63) is 48.5 Å². The molecule has 0 fully saturated rings. The van der Waals surface area contributed by atoms with Gasteiger partial charge in [0.2, 0.25) is 0 Å². The molecular weight excluding hydrogens is 230 g/mol. The third-order valence-corrected chi connectivity index (χ3v) is 2.56. The van der Waals surface area contributed by atoms with E-state index in [9.17, 15) is 0 Å². The molecule has 84 valence electrons. The number of ether oxygens (including phenoxy) is 1. The predicted molar refractivity (Wildman–Crippen MR) is 73.1 cm³/mol. The molecule has 0 saturated heterocycles. The first kappa shape index (κ1) is 11.5. The van der Waals surface area contributed by atoms with Gasteiger partial charge in [0.15, 0.2) is 0 Å². The highest BCUT2D eigenvalue weighted by Gasteiger charge is 1.98. The Morgan fingerprint density at radius 3 is 1.94 bits per heavy atom. The van der Waals surface area contributed by atoms with Gasteiger partial charge in [0.25, 0.3) is 0 Å². The van der Waals surface area contributed by atoms with E-state index in [2.05, 4.69) is 22.4 Å². The summed E-state index contributed by atoms with van der Waals surface area (Å²) in [5, 5.41) is 2.35. The summed E-state index contributed by atoms with van der Waals surface area (Å²) < 4.78 is 5.12. The zero-order chi connectivity index (χ0) is 12.1. The predicted octanol–water partition coefficient (Wildman–Crippen LogP) is 4.10. The molecule has 0 heterocycles. The van der Waals surface area contributed by atoms with E-state index in [0.717, 1.165) is 22.6 Å². The second-order valence-corrected chi connectivity index (χ2v) is 3.66. The van der Waals surface area contributed by atoms with Crippen LogP contribution >= 0.6 is 12.2 Å². The lowest BCUT2D eigenvalue weighted by Crippen LogP contribution is -1.82. The molecule has 0 bridgehead atoms. The molecule has 2 aromatic rings. The number of rotatable bonds is 3. The second-order valence-electron chi connectivity index (χ2n) is 3.48. The lowest BCUT2D eigenvalue weighted by atomic mass is 10.1. The van der Waals surface area contributed by atoms with E-state index in [1.807, 2.05) is 48.5 Å². The summed E-state index contributed by atoms with van der Waals surface area (Å²) in [6.07, 6.45) is 0. The topological polar surface area (TPSA) is 21.6 Å². The molecule has 17 heavy (non-hydrogen) atoms. The van der Waals surface area contributed by atoms with Crippen molar-refractivity contribution in [1.29, 1.82) is 0 Å². The number of isothiocyanates is 1. The Hall–Kier alpha value is -1.96. The van der Waals surface area contributed by atoms with Gasteiger partial charge in [-0.15, -0.1) is 0 Å². The minimum atomic E-state index is 0.817. The highest BCUT2D eigenvalue weighted by molar-refractivity contribution is 7.78. The van der Waals surface area contributed by atoms with Gasteiger partial charge in [-0.2, -0.15) is 4.99 Å². The summed E-state index contributed by atoms with van der Waals surface area (Å²) in [5.41, 5.74) is 3.09. The molecule has 0 atom stereocenters. The fourth-order valence-corrected chi connectivity index (χ4v) is 1.67. The molecular formula is C14H11NOS. The van der Waals surface area contributed by atoms with Crippen LogP contribution in [0, 0.1) is 0 Å². The van der Waals surface area contributed by atoms with E-state index < -0.39 is 0 Å². The molecule has 2 nitrogen and oxygen atoms in total. The maximum absolute atomic E-state index is 5.12. The maximum Gasteiger partial charge on any atom is 0.118 e. The van der Waals surface area contributed by atoms with Crippen LogP contribution in [-0.2, 0) is 0 Å². The lowest BCUT2D eigenvalue weighted by Gasteiger charge is -2.03. The van der Waals surface area contributed by atoms with E-state index in [-0.39, 0.29) is 0 Å². The van der Waals surface area contributed by atoms with E-state index in [0.29, 0.717) is 0 Å². The molecule has 0 amide bonds. The quantitative estimate of drug-likeness (QED) is 0.596. The van der Waals surface area contributed by atoms with E-state index in [1.54, 1.807) is 7.11 Å². The van der Waals surface area contributed by atoms with Gasteiger partial charge in [-0.25, -0.2) is 0 Å². The molecule has 2 aromatic carbocycles. The number of methoxy groups -OCH3 is 1. The first-order valence-electron chi connectivity index (χ1n) is 5.16. The molecule has 0 aliphatic heterocycles. The van der Waals surface area contributed by atoms with Gasteiger partial charge in [-0.05, 0) is 47.6 Å². The summed E-state index contributed by atoms with van der Waals surface area (Å²) in [7, 11) is 1.66. The number of benzene rings is 2. The number of aliphatic imine (C=N–C) groups is 1. The Morgan fingerprint density at radius 2 is 1.47 bits per heavy atom. The van der Waals surface area contributed by atoms with Crippen LogP contribution in [0.1, 0.15) is 0 Å². The van der Waals surface area contributed by atoms with Crippen LogP contribution < -0.4 is 4.74 Å². The molecule has 0 unspecified atom stereocenters. The van der Waals surface area contributed by atoms with Gasteiger partial charge in [0.1, 0.15) is 5.75 Å².